The van der Waals surface area contributed by atoms with Crippen LogP contribution < -0.4 is 9.62 Å². The van der Waals surface area contributed by atoms with Crippen LogP contribution in [-0.2, 0) is 30.2 Å². The molecule has 0 fully saturated rings. The van der Waals surface area contributed by atoms with Gasteiger partial charge in [-0.3, -0.25) is 13.7 Å². The first-order valence-electron chi connectivity index (χ1n) is 12.8. The van der Waals surface area contributed by atoms with E-state index in [0.29, 0.717) is 10.8 Å². The Morgan fingerprint density at radius 1 is 0.878 bits per heavy atom. The molecule has 1 N–H and O–H groups in total. The van der Waals surface area contributed by atoms with Crippen molar-refractivity contribution in [2.24, 2.45) is 0 Å². The summed E-state index contributed by atoms with van der Waals surface area (Å²) in [5, 5.41) is 4.15. The summed E-state index contributed by atoms with van der Waals surface area (Å²) in [4.78, 5) is 13.4. The normalized spacial score (nSPS) is 11.9. The Balaban J connectivity index is 1.95. The van der Waals surface area contributed by atoms with Gasteiger partial charge in [-0.05, 0) is 49.1 Å². The van der Waals surface area contributed by atoms with E-state index >= 15 is 0 Å². The standard InChI is InChI=1S/C29H29Cl2N2O6PS/c1-3-38-40(35,39-4-2)20-33(41(36,37)25-17-23(30)16-24(31)18-25)28-26-13-9-8-12-22(26)14-15-27(28)29(34)32-19-21-10-6-5-7-11-21/h5-18H,3-4,19-20H2,1-2H3,(H,32,34). The van der Waals surface area contributed by atoms with E-state index in [2.05, 4.69) is 5.32 Å². The molecule has 12 heteroatoms. The smallest absolute Gasteiger partial charge is 0.348 e. The lowest BCUT2D eigenvalue weighted by atomic mass is 10.0. The number of nitrogens with zero attached hydrogens (tertiary/aromatic N) is 1. The van der Waals surface area contributed by atoms with Crippen LogP contribution in [0.15, 0.2) is 89.8 Å². The molecule has 8 nitrogen and oxygen atoms in total. The molecule has 4 aromatic rings. The molecule has 0 spiro atoms. The second kappa shape index (κ2) is 13.4. The summed E-state index contributed by atoms with van der Waals surface area (Å²) < 4.78 is 54.5. The summed E-state index contributed by atoms with van der Waals surface area (Å²) in [6, 6.07) is 23.4. The number of carbonyl (C=O) groups is 1. The summed E-state index contributed by atoms with van der Waals surface area (Å²) in [5.74, 6) is -0.526. The van der Waals surface area contributed by atoms with Crippen LogP contribution in [0, 0.1) is 0 Å². The van der Waals surface area contributed by atoms with Crippen LogP contribution in [-0.4, -0.2) is 33.8 Å². The summed E-state index contributed by atoms with van der Waals surface area (Å²) >= 11 is 12.4. The zero-order valence-corrected chi connectivity index (χ0v) is 25.6. The zero-order chi connectivity index (χ0) is 29.6. The monoisotopic (exact) mass is 634 g/mol. The second-order valence-electron chi connectivity index (χ2n) is 8.90. The first-order valence-corrected chi connectivity index (χ1v) is 16.7. The third-order valence-electron chi connectivity index (χ3n) is 6.07. The van der Waals surface area contributed by atoms with Crippen molar-refractivity contribution in [2.75, 3.05) is 23.8 Å². The summed E-state index contributed by atoms with van der Waals surface area (Å²) in [7, 11) is -8.56. The molecular formula is C29H29Cl2N2O6PS. The Morgan fingerprint density at radius 3 is 2.12 bits per heavy atom. The molecule has 0 bridgehead atoms. The molecule has 4 rings (SSSR count). The highest BCUT2D eigenvalue weighted by Gasteiger charge is 2.38. The van der Waals surface area contributed by atoms with Gasteiger partial charge in [-0.2, -0.15) is 0 Å². The Hall–Kier alpha value is -2.91. The minimum absolute atomic E-state index is 0.00805. The number of rotatable bonds is 12. The van der Waals surface area contributed by atoms with Crippen LogP contribution in [0.5, 0.6) is 0 Å². The molecule has 0 aliphatic carbocycles. The molecule has 1 amide bonds. The van der Waals surface area contributed by atoms with Crippen molar-refractivity contribution in [3.63, 3.8) is 0 Å². The molecule has 0 heterocycles. The van der Waals surface area contributed by atoms with Gasteiger partial charge in [0.05, 0.1) is 29.4 Å². The van der Waals surface area contributed by atoms with Crippen molar-refractivity contribution in [2.45, 2.75) is 25.3 Å². The number of benzene rings is 4. The molecule has 0 radical (unpaired) electrons. The second-order valence-corrected chi connectivity index (χ2v) is 13.7. The number of halogens is 2. The van der Waals surface area contributed by atoms with Crippen LogP contribution in [0.3, 0.4) is 0 Å². The number of anilines is 1. The molecule has 0 saturated heterocycles. The summed E-state index contributed by atoms with van der Waals surface area (Å²) in [5.41, 5.74) is 0.929. The van der Waals surface area contributed by atoms with Crippen LogP contribution in [0.2, 0.25) is 10.0 Å². The maximum atomic E-state index is 14.4. The van der Waals surface area contributed by atoms with E-state index in [1.807, 2.05) is 30.3 Å². The molecule has 0 atom stereocenters. The molecule has 0 aliphatic rings. The fourth-order valence-corrected chi connectivity index (χ4v) is 8.73. The van der Waals surface area contributed by atoms with Crippen molar-refractivity contribution >= 4 is 63.2 Å². The van der Waals surface area contributed by atoms with E-state index in [1.54, 1.807) is 44.2 Å². The minimum atomic E-state index is -4.53. The van der Waals surface area contributed by atoms with Crippen molar-refractivity contribution in [3.8, 4) is 0 Å². The summed E-state index contributed by atoms with van der Waals surface area (Å²) in [6.45, 7) is 3.48. The molecule has 4 aromatic carbocycles. The van der Waals surface area contributed by atoms with Gasteiger partial charge in [0.15, 0.2) is 0 Å². The number of hydrogen-bond donors (Lipinski definition) is 1. The molecule has 41 heavy (non-hydrogen) atoms. The maximum Gasteiger partial charge on any atom is 0.350 e. The number of sulfonamides is 1. The molecule has 216 valence electrons. The van der Waals surface area contributed by atoms with E-state index in [-0.39, 0.29) is 46.0 Å². The van der Waals surface area contributed by atoms with E-state index in [1.165, 1.54) is 24.3 Å². The topological polar surface area (TPSA) is 102 Å². The highest BCUT2D eigenvalue weighted by Crippen LogP contribution is 2.51. The predicted molar refractivity (Wildman–Crippen MR) is 163 cm³/mol. The van der Waals surface area contributed by atoms with Crippen molar-refractivity contribution < 1.29 is 26.8 Å². The van der Waals surface area contributed by atoms with Crippen LogP contribution in [0.4, 0.5) is 5.69 Å². The Morgan fingerprint density at radius 2 is 1.49 bits per heavy atom. The van der Waals surface area contributed by atoms with Gasteiger partial charge in [-0.25, -0.2) is 8.42 Å². The number of nitrogens with one attached hydrogen (secondary N) is 1. The number of fused-ring (bicyclic) bond motifs is 1. The molecular weight excluding hydrogens is 606 g/mol. The number of carbonyl (C=O) groups excluding carboxylic acids is 1. The number of amides is 1. The fourth-order valence-electron chi connectivity index (χ4n) is 4.32. The lowest BCUT2D eigenvalue weighted by Gasteiger charge is -2.30. The molecule has 0 unspecified atom stereocenters. The highest BCUT2D eigenvalue weighted by atomic mass is 35.5. The maximum absolute atomic E-state index is 14.4. The van der Waals surface area contributed by atoms with Crippen molar-refractivity contribution in [1.82, 2.24) is 5.32 Å². The van der Waals surface area contributed by atoms with Gasteiger partial charge in [-0.15, -0.1) is 0 Å². The largest absolute Gasteiger partial charge is 0.350 e. The first-order chi connectivity index (χ1) is 19.6. The van der Waals surface area contributed by atoms with Crippen molar-refractivity contribution in [1.29, 1.82) is 0 Å². The van der Waals surface area contributed by atoms with E-state index < -0.39 is 29.8 Å². The van der Waals surface area contributed by atoms with E-state index in [4.69, 9.17) is 32.2 Å². The highest BCUT2D eigenvalue weighted by molar-refractivity contribution is 7.93. The van der Waals surface area contributed by atoms with Gasteiger partial charge in [0.25, 0.3) is 15.9 Å². The average Bonchev–Trinajstić information content (AvgIpc) is 2.94. The molecule has 0 aromatic heterocycles. The number of hydrogen-bond acceptors (Lipinski definition) is 6. The van der Waals surface area contributed by atoms with E-state index in [9.17, 15) is 17.8 Å². The lowest BCUT2D eigenvalue weighted by Crippen LogP contribution is -2.35. The van der Waals surface area contributed by atoms with Gasteiger partial charge in [0.1, 0.15) is 6.29 Å². The third-order valence-corrected chi connectivity index (χ3v) is 10.4. The van der Waals surface area contributed by atoms with Crippen LogP contribution >= 0.6 is 30.8 Å². The van der Waals surface area contributed by atoms with Crippen molar-refractivity contribution in [3.05, 3.63) is 106 Å². The quantitative estimate of drug-likeness (QED) is 0.162. The predicted octanol–water partition coefficient (Wildman–Crippen LogP) is 7.50. The average molecular weight is 636 g/mol. The molecule has 0 aliphatic heterocycles. The van der Waals surface area contributed by atoms with Crippen LogP contribution in [0.1, 0.15) is 29.8 Å². The van der Waals surface area contributed by atoms with E-state index in [0.717, 1.165) is 9.87 Å². The van der Waals surface area contributed by atoms with Gasteiger partial charge < -0.3 is 14.4 Å². The first kappa shape index (κ1) is 31.0. The van der Waals surface area contributed by atoms with Gasteiger partial charge in [-0.1, -0.05) is 83.9 Å². The molecule has 0 saturated carbocycles. The Labute approximate surface area is 249 Å². The van der Waals surface area contributed by atoms with Crippen LogP contribution in [0.25, 0.3) is 10.8 Å². The van der Waals surface area contributed by atoms with Gasteiger partial charge in [0, 0.05) is 22.0 Å². The summed E-state index contributed by atoms with van der Waals surface area (Å²) in [6.07, 6.45) is -0.700. The SMILES string of the molecule is CCOP(=O)(CN(c1c(C(=O)NCc2ccccc2)ccc2ccccc12)S(=O)(=O)c1cc(Cl)cc(Cl)c1)OCC. The van der Waals surface area contributed by atoms with Gasteiger partial charge >= 0.3 is 7.60 Å². The fraction of sp³-hybridized carbons (Fsp3) is 0.207. The zero-order valence-electron chi connectivity index (χ0n) is 22.4. The Bertz CT molecular complexity index is 1670. The minimum Gasteiger partial charge on any atom is -0.348 e. The van der Waals surface area contributed by atoms with Gasteiger partial charge in [0.2, 0.25) is 0 Å². The lowest BCUT2D eigenvalue weighted by molar-refractivity contribution is 0.0951. The Kier molecular flexibility index (Phi) is 10.1. The third kappa shape index (κ3) is 7.30.